The summed E-state index contributed by atoms with van der Waals surface area (Å²) in [6.45, 7) is 4.99. The Morgan fingerprint density at radius 3 is 2.47 bits per heavy atom. The highest BCUT2D eigenvalue weighted by molar-refractivity contribution is 7.93. The summed E-state index contributed by atoms with van der Waals surface area (Å²) in [6.07, 6.45) is 2.39. The van der Waals surface area contributed by atoms with Crippen LogP contribution < -0.4 is 4.72 Å². The Labute approximate surface area is 222 Å². The van der Waals surface area contributed by atoms with Gasteiger partial charge in [-0.2, -0.15) is 0 Å². The molecule has 0 radical (unpaired) electrons. The molecule has 196 valence electrons. The highest BCUT2D eigenvalue weighted by atomic mass is 32.2. The number of hydrogen-bond acceptors (Lipinski definition) is 5. The fourth-order valence-electron chi connectivity index (χ4n) is 4.83. The summed E-state index contributed by atoms with van der Waals surface area (Å²) in [5, 5.41) is 0.737. The molecule has 1 saturated heterocycles. The molecule has 0 aliphatic carbocycles. The maximum Gasteiger partial charge on any atom is 0.264 e. The molecule has 4 aromatic rings. The van der Waals surface area contributed by atoms with Crippen LogP contribution >= 0.6 is 0 Å². The molecular formula is C29H29FN4O3S. The first-order valence-electron chi connectivity index (χ1n) is 12.5. The number of nitrogens with zero attached hydrogens (tertiary/aromatic N) is 3. The van der Waals surface area contributed by atoms with Crippen LogP contribution in [0.2, 0.25) is 0 Å². The summed E-state index contributed by atoms with van der Waals surface area (Å²) >= 11 is 0. The Bertz CT molecular complexity index is 1540. The largest absolute Gasteiger partial charge is 0.333 e. The van der Waals surface area contributed by atoms with Gasteiger partial charge in [-0.3, -0.25) is 19.4 Å². The summed E-state index contributed by atoms with van der Waals surface area (Å²) in [6, 6.07) is 21.7. The van der Waals surface area contributed by atoms with E-state index in [0.717, 1.165) is 37.0 Å². The first-order valence-corrected chi connectivity index (χ1v) is 14.0. The number of pyridine rings is 1. The van der Waals surface area contributed by atoms with Gasteiger partial charge in [0.2, 0.25) is 0 Å². The number of amides is 1. The minimum atomic E-state index is -3.87. The third-order valence-corrected chi connectivity index (χ3v) is 8.28. The highest BCUT2D eigenvalue weighted by Gasteiger charge is 2.28. The number of benzene rings is 3. The zero-order chi connectivity index (χ0) is 26.7. The number of carbonyl (C=O) groups is 1. The van der Waals surface area contributed by atoms with E-state index >= 15 is 0 Å². The second kappa shape index (κ2) is 10.9. The maximum atomic E-state index is 13.2. The summed E-state index contributed by atoms with van der Waals surface area (Å²) in [7, 11) is -3.87. The summed E-state index contributed by atoms with van der Waals surface area (Å²) in [4.78, 5) is 21.7. The monoisotopic (exact) mass is 532 g/mol. The van der Waals surface area contributed by atoms with E-state index in [4.69, 9.17) is 0 Å². The molecule has 1 N–H and O–H groups in total. The van der Waals surface area contributed by atoms with Gasteiger partial charge in [0, 0.05) is 55.1 Å². The molecule has 9 heteroatoms. The SMILES string of the molecule is C[C@@H]1CN(CCc2ccc(F)cc2)CCN1C(=O)c1ccc(NS(=O)(=O)c2cccc3cccnc23)cc1. The molecule has 3 aromatic carbocycles. The van der Waals surface area contributed by atoms with E-state index in [-0.39, 0.29) is 22.7 Å². The first-order chi connectivity index (χ1) is 18.3. The lowest BCUT2D eigenvalue weighted by molar-refractivity contribution is 0.0492. The van der Waals surface area contributed by atoms with E-state index < -0.39 is 10.0 Å². The molecule has 1 aliphatic heterocycles. The van der Waals surface area contributed by atoms with Crippen LogP contribution in [0, 0.1) is 5.82 Å². The molecule has 1 atom stereocenters. The van der Waals surface area contributed by atoms with Crippen molar-refractivity contribution in [2.45, 2.75) is 24.3 Å². The molecule has 1 aromatic heterocycles. The second-order valence-electron chi connectivity index (χ2n) is 9.54. The summed E-state index contributed by atoms with van der Waals surface area (Å²) in [5.41, 5.74) is 2.37. The Kier molecular flexibility index (Phi) is 7.40. The van der Waals surface area contributed by atoms with Crippen molar-refractivity contribution >= 4 is 32.5 Å². The quantitative estimate of drug-likeness (QED) is 0.377. The Hall–Kier alpha value is -3.82. The third-order valence-electron chi connectivity index (χ3n) is 6.87. The topological polar surface area (TPSA) is 82.6 Å². The van der Waals surface area contributed by atoms with Gasteiger partial charge in [-0.05, 0) is 67.4 Å². The van der Waals surface area contributed by atoms with Crippen LogP contribution in [0.15, 0.2) is 90.0 Å². The van der Waals surface area contributed by atoms with E-state index in [1.165, 1.54) is 18.2 Å². The number of nitrogens with one attached hydrogen (secondary N) is 1. The van der Waals surface area contributed by atoms with Gasteiger partial charge in [0.15, 0.2) is 0 Å². The Morgan fingerprint density at radius 2 is 1.74 bits per heavy atom. The van der Waals surface area contributed by atoms with Gasteiger partial charge < -0.3 is 4.90 Å². The lowest BCUT2D eigenvalue weighted by Gasteiger charge is -2.40. The van der Waals surface area contributed by atoms with Crippen molar-refractivity contribution < 1.29 is 17.6 Å². The highest BCUT2D eigenvalue weighted by Crippen LogP contribution is 2.24. The smallest absolute Gasteiger partial charge is 0.264 e. The van der Waals surface area contributed by atoms with E-state index in [2.05, 4.69) is 14.6 Å². The van der Waals surface area contributed by atoms with Crippen molar-refractivity contribution in [3.8, 4) is 0 Å². The van der Waals surface area contributed by atoms with Crippen molar-refractivity contribution in [3.63, 3.8) is 0 Å². The van der Waals surface area contributed by atoms with Crippen molar-refractivity contribution in [2.75, 3.05) is 30.9 Å². The summed E-state index contributed by atoms with van der Waals surface area (Å²) in [5.74, 6) is -0.314. The number of rotatable bonds is 7. The molecule has 7 nitrogen and oxygen atoms in total. The van der Waals surface area contributed by atoms with Gasteiger partial charge >= 0.3 is 0 Å². The molecular weight excluding hydrogens is 503 g/mol. The summed E-state index contributed by atoms with van der Waals surface area (Å²) < 4.78 is 41.9. The first kappa shape index (κ1) is 25.8. The lowest BCUT2D eigenvalue weighted by Crippen LogP contribution is -2.54. The van der Waals surface area contributed by atoms with Gasteiger partial charge in [0.1, 0.15) is 10.7 Å². The number of halogens is 1. The van der Waals surface area contributed by atoms with Crippen LogP contribution in [0.4, 0.5) is 10.1 Å². The minimum Gasteiger partial charge on any atom is -0.333 e. The molecule has 0 bridgehead atoms. The standard InChI is InChI=1S/C29H29FN4O3S/c1-21-20-33(17-15-22-7-11-25(30)12-8-22)18-19-34(21)29(35)24-9-13-26(14-10-24)32-38(36,37)27-6-2-4-23-5-3-16-31-28(23)27/h2-14,16,21,32H,15,17-20H2,1H3/t21-/m1/s1. The number of hydrogen-bond donors (Lipinski definition) is 1. The van der Waals surface area contributed by atoms with Crippen molar-refractivity contribution in [1.82, 2.24) is 14.8 Å². The molecule has 1 amide bonds. The normalized spacial score (nSPS) is 16.5. The molecule has 1 aliphatic rings. The molecule has 2 heterocycles. The van der Waals surface area contributed by atoms with Crippen LogP contribution in [-0.2, 0) is 16.4 Å². The number of fused-ring (bicyclic) bond motifs is 1. The minimum absolute atomic E-state index is 0.0292. The number of sulfonamides is 1. The van der Waals surface area contributed by atoms with Crippen LogP contribution in [0.25, 0.3) is 10.9 Å². The molecule has 0 spiro atoms. The maximum absolute atomic E-state index is 13.2. The van der Waals surface area contributed by atoms with Crippen LogP contribution in [0.3, 0.4) is 0 Å². The molecule has 0 saturated carbocycles. The Balaban J connectivity index is 1.20. The average molecular weight is 533 g/mol. The molecule has 1 fully saturated rings. The van der Waals surface area contributed by atoms with Crippen LogP contribution in [0.1, 0.15) is 22.8 Å². The zero-order valence-corrected chi connectivity index (χ0v) is 21.9. The number of aromatic nitrogens is 1. The van der Waals surface area contributed by atoms with Crippen LogP contribution in [-0.4, -0.2) is 61.3 Å². The Morgan fingerprint density at radius 1 is 1.00 bits per heavy atom. The van der Waals surface area contributed by atoms with E-state index in [1.807, 2.05) is 24.0 Å². The number of anilines is 1. The van der Waals surface area contributed by atoms with Crippen molar-refractivity contribution in [1.29, 1.82) is 0 Å². The third kappa shape index (κ3) is 5.69. The van der Waals surface area contributed by atoms with Gasteiger partial charge in [0.05, 0.1) is 5.52 Å². The number of para-hydroxylation sites is 1. The van der Waals surface area contributed by atoms with Gasteiger partial charge in [-0.1, -0.05) is 30.3 Å². The fourth-order valence-corrected chi connectivity index (χ4v) is 6.07. The van der Waals surface area contributed by atoms with Gasteiger partial charge in [-0.15, -0.1) is 0 Å². The predicted octanol–water partition coefficient (Wildman–Crippen LogP) is 4.56. The van der Waals surface area contributed by atoms with E-state index in [0.29, 0.717) is 23.3 Å². The van der Waals surface area contributed by atoms with Crippen molar-refractivity contribution in [3.05, 3.63) is 102 Å². The fraction of sp³-hybridized carbons (Fsp3) is 0.241. The average Bonchev–Trinajstić information content (AvgIpc) is 2.92. The number of carbonyl (C=O) groups excluding carboxylic acids is 1. The molecule has 0 unspecified atom stereocenters. The van der Waals surface area contributed by atoms with Crippen LogP contribution in [0.5, 0.6) is 0 Å². The van der Waals surface area contributed by atoms with Gasteiger partial charge in [-0.25, -0.2) is 12.8 Å². The zero-order valence-electron chi connectivity index (χ0n) is 21.0. The number of piperazine rings is 1. The molecule has 5 rings (SSSR count). The van der Waals surface area contributed by atoms with E-state index in [9.17, 15) is 17.6 Å². The van der Waals surface area contributed by atoms with E-state index in [1.54, 1.807) is 54.7 Å². The molecule has 38 heavy (non-hydrogen) atoms. The van der Waals surface area contributed by atoms with Gasteiger partial charge in [0.25, 0.3) is 15.9 Å². The second-order valence-corrected chi connectivity index (χ2v) is 11.2. The predicted molar refractivity (Wildman–Crippen MR) is 146 cm³/mol. The lowest BCUT2D eigenvalue weighted by atomic mass is 10.1. The van der Waals surface area contributed by atoms with Crippen molar-refractivity contribution in [2.24, 2.45) is 0 Å².